The third-order valence-corrected chi connectivity index (χ3v) is 10.8. The molecule has 0 saturated heterocycles. The highest BCUT2D eigenvalue weighted by molar-refractivity contribution is 8.00. The minimum absolute atomic E-state index is 0.0499. The van der Waals surface area contributed by atoms with Crippen molar-refractivity contribution >= 4 is 34.7 Å². The number of amides is 1. The molecule has 37 heavy (non-hydrogen) atoms. The number of thiazole rings is 1. The quantitative estimate of drug-likeness (QED) is 0.412. The van der Waals surface area contributed by atoms with Gasteiger partial charge >= 0.3 is 11.0 Å². The van der Waals surface area contributed by atoms with Crippen LogP contribution in [0.2, 0.25) is 0 Å². The van der Waals surface area contributed by atoms with Gasteiger partial charge in [0.2, 0.25) is 5.91 Å². The molecule has 10 heteroatoms. The molecule has 194 valence electrons. The highest BCUT2D eigenvalue weighted by atomic mass is 32.2. The third-order valence-electron chi connectivity index (χ3n) is 7.94. The summed E-state index contributed by atoms with van der Waals surface area (Å²) in [7, 11) is 1.63. The topological polar surface area (TPSA) is 60.3 Å². The summed E-state index contributed by atoms with van der Waals surface area (Å²) >= 11 is 2.90. The maximum Gasteiger partial charge on any atom is 0.416 e. The Labute approximate surface area is 220 Å². The number of nitrogens with one attached hydrogen (secondary N) is 1. The van der Waals surface area contributed by atoms with E-state index in [4.69, 9.17) is 4.74 Å². The van der Waals surface area contributed by atoms with Crippen LogP contribution >= 0.6 is 23.1 Å². The second-order valence-corrected chi connectivity index (χ2v) is 12.2. The monoisotopic (exact) mass is 546 g/mol. The smallest absolute Gasteiger partial charge is 0.416 e. The zero-order chi connectivity index (χ0) is 25.9. The van der Waals surface area contributed by atoms with E-state index in [9.17, 15) is 22.8 Å². The number of carbonyl (C=O) groups is 1. The molecule has 5 atom stereocenters. The number of benzene rings is 2. The van der Waals surface area contributed by atoms with Gasteiger partial charge in [-0.25, -0.2) is 0 Å². The maximum absolute atomic E-state index is 13.2. The van der Waals surface area contributed by atoms with Crippen molar-refractivity contribution in [3.05, 3.63) is 74.2 Å². The summed E-state index contributed by atoms with van der Waals surface area (Å²) in [4.78, 5) is 26.8. The number of anilines is 1. The first-order chi connectivity index (χ1) is 17.7. The lowest BCUT2D eigenvalue weighted by Crippen LogP contribution is -2.34. The summed E-state index contributed by atoms with van der Waals surface area (Å²) in [6.07, 6.45) is -0.907. The van der Waals surface area contributed by atoms with E-state index in [0.29, 0.717) is 23.0 Å². The summed E-state index contributed by atoms with van der Waals surface area (Å²) < 4.78 is 46.1. The summed E-state index contributed by atoms with van der Waals surface area (Å²) in [5, 5.41) is 3.74. The Morgan fingerprint density at radius 2 is 1.89 bits per heavy atom. The molecule has 3 aliphatic rings. The lowest BCUT2D eigenvalue weighted by atomic mass is 9.75. The highest BCUT2D eigenvalue weighted by Crippen LogP contribution is 2.64. The van der Waals surface area contributed by atoms with E-state index in [1.807, 2.05) is 12.1 Å². The second-order valence-electron chi connectivity index (χ2n) is 9.99. The SMILES string of the molecule is COc1ccc(C2c3sc(=O)n(CC(=O)Nc4cccc(C(F)(F)F)c4)c3SC3C4CCC(C4)C23)cc1. The zero-order valence-electron chi connectivity index (χ0n) is 20.0. The number of fused-ring (bicyclic) bond motifs is 6. The lowest BCUT2D eigenvalue weighted by molar-refractivity contribution is -0.137. The molecule has 1 N–H and O–H groups in total. The number of rotatable bonds is 5. The predicted molar refractivity (Wildman–Crippen MR) is 137 cm³/mol. The Hall–Kier alpha value is -2.72. The van der Waals surface area contributed by atoms with Gasteiger partial charge in [-0.05, 0) is 72.9 Å². The number of nitrogens with zero attached hydrogens (tertiary/aromatic N) is 1. The lowest BCUT2D eigenvalue weighted by Gasteiger charge is -2.40. The molecule has 0 spiro atoms. The molecule has 1 aromatic heterocycles. The van der Waals surface area contributed by atoms with E-state index in [1.165, 1.54) is 47.3 Å². The zero-order valence-corrected chi connectivity index (χ0v) is 21.6. The molecule has 3 aromatic rings. The highest BCUT2D eigenvalue weighted by Gasteiger charge is 2.55. The van der Waals surface area contributed by atoms with Gasteiger partial charge in [-0.2, -0.15) is 13.2 Å². The number of carbonyl (C=O) groups excluding carboxylic acids is 1. The first kappa shape index (κ1) is 24.6. The first-order valence-corrected chi connectivity index (χ1v) is 13.9. The average molecular weight is 547 g/mol. The first-order valence-electron chi connectivity index (χ1n) is 12.2. The Morgan fingerprint density at radius 3 is 2.62 bits per heavy atom. The van der Waals surface area contributed by atoms with E-state index in [-0.39, 0.29) is 23.0 Å². The Bertz CT molecular complexity index is 1400. The van der Waals surface area contributed by atoms with Gasteiger partial charge in [-0.1, -0.05) is 29.5 Å². The van der Waals surface area contributed by atoms with Crippen LogP contribution in [0.25, 0.3) is 0 Å². The number of ether oxygens (including phenoxy) is 1. The molecule has 0 radical (unpaired) electrons. The Kier molecular flexibility index (Phi) is 6.14. The fourth-order valence-corrected chi connectivity index (χ4v) is 9.54. The van der Waals surface area contributed by atoms with Gasteiger partial charge in [0.25, 0.3) is 0 Å². The van der Waals surface area contributed by atoms with Crippen LogP contribution in [0.3, 0.4) is 0 Å². The number of hydrogen-bond donors (Lipinski definition) is 1. The number of alkyl halides is 3. The Balaban J connectivity index is 1.32. The van der Waals surface area contributed by atoms with E-state index in [2.05, 4.69) is 17.4 Å². The van der Waals surface area contributed by atoms with Crippen LogP contribution in [-0.2, 0) is 17.5 Å². The minimum Gasteiger partial charge on any atom is -0.497 e. The normalized spacial score (nSPS) is 26.0. The van der Waals surface area contributed by atoms with Crippen LogP contribution in [0.1, 0.15) is 41.2 Å². The molecule has 2 fully saturated rings. The van der Waals surface area contributed by atoms with Crippen LogP contribution in [0, 0.1) is 17.8 Å². The number of hydrogen-bond acceptors (Lipinski definition) is 5. The van der Waals surface area contributed by atoms with Gasteiger partial charge in [0.05, 0.1) is 17.7 Å². The van der Waals surface area contributed by atoms with E-state index in [1.54, 1.807) is 18.9 Å². The largest absolute Gasteiger partial charge is 0.497 e. The number of thioether (sulfide) groups is 1. The van der Waals surface area contributed by atoms with E-state index >= 15 is 0 Å². The molecular formula is C27H25F3N2O3S2. The summed E-state index contributed by atoms with van der Waals surface area (Å²) in [6.45, 7) is -0.241. The van der Waals surface area contributed by atoms with Crippen LogP contribution < -0.4 is 14.9 Å². The van der Waals surface area contributed by atoms with Crippen molar-refractivity contribution < 1.29 is 22.7 Å². The summed E-state index contributed by atoms with van der Waals surface area (Å²) in [5.41, 5.74) is 0.358. The van der Waals surface area contributed by atoms with E-state index < -0.39 is 17.6 Å². The molecule has 5 nitrogen and oxygen atoms in total. The van der Waals surface area contributed by atoms with Crippen molar-refractivity contribution in [2.45, 2.75) is 48.2 Å². The average Bonchev–Trinajstić information content (AvgIpc) is 3.57. The number of methoxy groups -OCH3 is 1. The van der Waals surface area contributed by atoms with Gasteiger partial charge in [0.15, 0.2) is 0 Å². The molecule has 2 aliphatic carbocycles. The van der Waals surface area contributed by atoms with Gasteiger partial charge in [-0.3, -0.25) is 14.2 Å². The number of aromatic nitrogens is 1. The fraction of sp³-hybridized carbons (Fsp3) is 0.407. The standard InChI is InChI=1S/C27H25F3N2O3S2/c1-35-19-9-7-14(8-10-19)21-22-15-5-6-16(11-15)23(22)36-25-24(21)37-26(34)32(25)13-20(33)31-18-4-2-3-17(12-18)27(28,29)30/h2-4,7-10,12,15-16,21-23H,5-6,11,13H2,1H3,(H,31,33). The Morgan fingerprint density at radius 1 is 1.14 bits per heavy atom. The third kappa shape index (κ3) is 4.37. The van der Waals surface area contributed by atoms with Gasteiger partial charge < -0.3 is 10.1 Å². The van der Waals surface area contributed by atoms with Gasteiger partial charge in [-0.15, -0.1) is 11.8 Å². The molecule has 2 saturated carbocycles. The molecule has 1 aliphatic heterocycles. The van der Waals surface area contributed by atoms with Crippen molar-refractivity contribution in [3.8, 4) is 5.75 Å². The van der Waals surface area contributed by atoms with Crippen molar-refractivity contribution in [1.29, 1.82) is 0 Å². The molecule has 2 aromatic carbocycles. The second kappa shape index (κ2) is 9.23. The molecule has 2 heterocycles. The van der Waals surface area contributed by atoms with Crippen LogP contribution in [-0.4, -0.2) is 22.8 Å². The predicted octanol–water partition coefficient (Wildman–Crippen LogP) is 6.23. The van der Waals surface area contributed by atoms with Gasteiger partial charge in [0.1, 0.15) is 12.3 Å². The van der Waals surface area contributed by atoms with Crippen molar-refractivity contribution in [3.63, 3.8) is 0 Å². The van der Waals surface area contributed by atoms with Crippen molar-refractivity contribution in [2.24, 2.45) is 17.8 Å². The maximum atomic E-state index is 13.2. The number of halogens is 3. The van der Waals surface area contributed by atoms with Crippen molar-refractivity contribution in [1.82, 2.24) is 4.57 Å². The molecule has 6 rings (SSSR count). The minimum atomic E-state index is -4.51. The summed E-state index contributed by atoms with van der Waals surface area (Å²) in [5.74, 6) is 1.98. The molecule has 5 unspecified atom stereocenters. The molecule has 1 amide bonds. The van der Waals surface area contributed by atoms with Crippen LogP contribution in [0.4, 0.5) is 18.9 Å². The summed E-state index contributed by atoms with van der Waals surface area (Å²) in [6, 6.07) is 12.6. The molecular weight excluding hydrogens is 521 g/mol. The van der Waals surface area contributed by atoms with Gasteiger partial charge in [0, 0.05) is 21.7 Å². The van der Waals surface area contributed by atoms with Crippen molar-refractivity contribution in [2.75, 3.05) is 12.4 Å². The molecule has 2 bridgehead atoms. The van der Waals surface area contributed by atoms with E-state index in [0.717, 1.165) is 33.3 Å². The van der Waals surface area contributed by atoms with Crippen LogP contribution in [0.15, 0.2) is 58.4 Å². The van der Waals surface area contributed by atoms with Crippen LogP contribution in [0.5, 0.6) is 5.75 Å². The fourth-order valence-electron chi connectivity index (χ4n) is 6.39.